The molecule has 9 heteroatoms. The highest BCUT2D eigenvalue weighted by atomic mass is 32.2. The second-order valence-corrected chi connectivity index (χ2v) is 5.61. The predicted molar refractivity (Wildman–Crippen MR) is 68.2 cm³/mol. The topological polar surface area (TPSA) is 116 Å². The van der Waals surface area contributed by atoms with Gasteiger partial charge in [0.15, 0.2) is 5.25 Å². The molecule has 0 saturated heterocycles. The molecular weight excluding hydrogens is 292 g/mol. The maximum absolute atomic E-state index is 11.5. The van der Waals surface area contributed by atoms with E-state index in [1.54, 1.807) is 6.92 Å². The number of unbranched alkanes of at least 4 members (excludes halogenated alkanes) is 1. The van der Waals surface area contributed by atoms with Crippen LogP contribution in [0.4, 0.5) is 0 Å². The fourth-order valence-corrected chi connectivity index (χ4v) is 1.72. The zero-order valence-electron chi connectivity index (χ0n) is 11.5. The molecule has 0 aliphatic heterocycles. The molecule has 0 heterocycles. The summed E-state index contributed by atoms with van der Waals surface area (Å²) in [5.74, 6) is -2.27. The molecule has 1 atom stereocenters. The molecule has 0 rings (SSSR count). The van der Waals surface area contributed by atoms with E-state index in [0.29, 0.717) is 12.8 Å². The van der Waals surface area contributed by atoms with Gasteiger partial charge >= 0.3 is 11.9 Å². The van der Waals surface area contributed by atoms with Crippen LogP contribution in [0.15, 0.2) is 0 Å². The Labute approximate surface area is 118 Å². The van der Waals surface area contributed by atoms with Crippen molar-refractivity contribution in [1.82, 2.24) is 0 Å². The van der Waals surface area contributed by atoms with Gasteiger partial charge in [0.1, 0.15) is 0 Å². The Hall–Kier alpha value is -1.19. The first kappa shape index (κ1) is 18.8. The maximum Gasteiger partial charge on any atom is 0.363 e. The predicted octanol–water partition coefficient (Wildman–Crippen LogP) is 0.861. The lowest BCUT2D eigenvalue weighted by molar-refractivity contribution is -0.272. The minimum Gasteiger partial charge on any atom is -0.466 e. The van der Waals surface area contributed by atoms with Crippen molar-refractivity contribution in [3.63, 3.8) is 0 Å². The van der Waals surface area contributed by atoms with Crippen LogP contribution < -0.4 is 0 Å². The van der Waals surface area contributed by atoms with E-state index in [9.17, 15) is 18.0 Å². The fourth-order valence-electron chi connectivity index (χ4n) is 1.09. The Morgan fingerprint density at radius 3 is 2.30 bits per heavy atom. The Bertz CT molecular complexity index is 403. The van der Waals surface area contributed by atoms with Crippen LogP contribution in [-0.2, 0) is 34.2 Å². The van der Waals surface area contributed by atoms with Crippen molar-refractivity contribution in [2.45, 2.75) is 44.8 Å². The zero-order chi connectivity index (χ0) is 15.6. The SMILES string of the molecule is CCCCOOC(=O)C(CC(=O)OCCC)S(=O)(=O)O. The number of esters is 1. The van der Waals surface area contributed by atoms with Crippen LogP contribution in [-0.4, -0.2) is 43.4 Å². The van der Waals surface area contributed by atoms with Gasteiger partial charge in [-0.25, -0.2) is 4.79 Å². The van der Waals surface area contributed by atoms with Crippen molar-refractivity contribution < 1.29 is 37.1 Å². The lowest BCUT2D eigenvalue weighted by Gasteiger charge is -2.11. The standard InChI is InChI=1S/C11H20O8S/c1-3-5-7-18-19-11(13)9(20(14,15)16)8-10(12)17-6-4-2/h9H,3-8H2,1-2H3,(H,14,15,16). The van der Waals surface area contributed by atoms with E-state index in [4.69, 9.17) is 4.55 Å². The van der Waals surface area contributed by atoms with E-state index < -0.39 is 33.7 Å². The van der Waals surface area contributed by atoms with Crippen LogP contribution in [0.1, 0.15) is 39.5 Å². The molecular formula is C11H20O8S. The number of carbonyl (C=O) groups excluding carboxylic acids is 2. The summed E-state index contributed by atoms with van der Waals surface area (Å²) in [6, 6.07) is 0. The van der Waals surface area contributed by atoms with Gasteiger partial charge in [-0.15, -0.1) is 0 Å². The molecule has 1 unspecified atom stereocenters. The Kier molecular flexibility index (Phi) is 9.10. The summed E-state index contributed by atoms with van der Waals surface area (Å²) in [6.07, 6.45) is 1.13. The largest absolute Gasteiger partial charge is 0.466 e. The molecule has 0 bridgehead atoms. The number of carbonyl (C=O) groups is 2. The van der Waals surface area contributed by atoms with Crippen molar-refractivity contribution in [3.8, 4) is 0 Å². The third-order valence-electron chi connectivity index (χ3n) is 2.16. The van der Waals surface area contributed by atoms with Gasteiger partial charge in [-0.2, -0.15) is 13.3 Å². The summed E-state index contributed by atoms with van der Waals surface area (Å²) in [7, 11) is -4.78. The molecule has 0 aromatic carbocycles. The summed E-state index contributed by atoms with van der Waals surface area (Å²) in [5.41, 5.74) is 0. The highest BCUT2D eigenvalue weighted by Crippen LogP contribution is 2.09. The van der Waals surface area contributed by atoms with E-state index in [1.165, 1.54) is 0 Å². The average Bonchev–Trinajstić information content (AvgIpc) is 2.37. The molecule has 1 N–H and O–H groups in total. The second-order valence-electron chi connectivity index (χ2n) is 4.01. The fraction of sp³-hybridized carbons (Fsp3) is 0.818. The number of hydrogen-bond acceptors (Lipinski definition) is 7. The van der Waals surface area contributed by atoms with Gasteiger partial charge in [-0.3, -0.25) is 14.2 Å². The molecule has 0 aromatic rings. The van der Waals surface area contributed by atoms with Gasteiger partial charge < -0.3 is 4.74 Å². The van der Waals surface area contributed by atoms with Gasteiger partial charge in [0.25, 0.3) is 10.1 Å². The third kappa shape index (κ3) is 8.08. The average molecular weight is 312 g/mol. The smallest absolute Gasteiger partial charge is 0.363 e. The first-order chi connectivity index (χ1) is 9.32. The van der Waals surface area contributed by atoms with Crippen molar-refractivity contribution in [3.05, 3.63) is 0 Å². The van der Waals surface area contributed by atoms with Gasteiger partial charge in [0.2, 0.25) is 0 Å². The minimum absolute atomic E-state index is 0.0963. The van der Waals surface area contributed by atoms with Crippen molar-refractivity contribution in [1.29, 1.82) is 0 Å². The van der Waals surface area contributed by atoms with Gasteiger partial charge in [0, 0.05) is 0 Å². The molecule has 118 valence electrons. The van der Waals surface area contributed by atoms with Gasteiger partial charge in [-0.1, -0.05) is 20.3 Å². The molecule has 20 heavy (non-hydrogen) atoms. The van der Waals surface area contributed by atoms with E-state index in [1.807, 2.05) is 6.92 Å². The van der Waals surface area contributed by atoms with Gasteiger partial charge in [-0.05, 0) is 12.8 Å². The Morgan fingerprint density at radius 2 is 1.80 bits per heavy atom. The Morgan fingerprint density at radius 1 is 1.15 bits per heavy atom. The third-order valence-corrected chi connectivity index (χ3v) is 3.24. The van der Waals surface area contributed by atoms with Crippen LogP contribution in [0.25, 0.3) is 0 Å². The maximum atomic E-state index is 11.5. The van der Waals surface area contributed by atoms with Crippen LogP contribution in [0.2, 0.25) is 0 Å². The molecule has 0 aromatic heterocycles. The summed E-state index contributed by atoms with van der Waals surface area (Å²) in [6.45, 7) is 3.83. The summed E-state index contributed by atoms with van der Waals surface area (Å²) >= 11 is 0. The van der Waals surface area contributed by atoms with Crippen molar-refractivity contribution >= 4 is 22.1 Å². The molecule has 0 radical (unpaired) electrons. The van der Waals surface area contributed by atoms with E-state index in [2.05, 4.69) is 14.5 Å². The van der Waals surface area contributed by atoms with Crippen LogP contribution in [0.3, 0.4) is 0 Å². The van der Waals surface area contributed by atoms with E-state index in [0.717, 1.165) is 6.42 Å². The van der Waals surface area contributed by atoms with Gasteiger partial charge in [0.05, 0.1) is 19.6 Å². The minimum atomic E-state index is -4.78. The summed E-state index contributed by atoms with van der Waals surface area (Å²) in [4.78, 5) is 31.5. The molecule has 8 nitrogen and oxygen atoms in total. The molecule has 0 saturated carbocycles. The van der Waals surface area contributed by atoms with E-state index in [-0.39, 0.29) is 13.2 Å². The number of hydrogen-bond donors (Lipinski definition) is 1. The first-order valence-corrected chi connectivity index (χ1v) is 7.78. The highest BCUT2D eigenvalue weighted by molar-refractivity contribution is 7.87. The molecule has 0 fully saturated rings. The normalized spacial score (nSPS) is 12.8. The number of rotatable bonds is 10. The highest BCUT2D eigenvalue weighted by Gasteiger charge is 2.36. The molecule has 0 aliphatic carbocycles. The second kappa shape index (κ2) is 9.67. The van der Waals surface area contributed by atoms with E-state index >= 15 is 0 Å². The molecule has 0 spiro atoms. The summed E-state index contributed by atoms with van der Waals surface area (Å²) in [5, 5.41) is -2.05. The molecule has 0 amide bonds. The Balaban J connectivity index is 4.49. The summed E-state index contributed by atoms with van der Waals surface area (Å²) < 4.78 is 35.7. The van der Waals surface area contributed by atoms with Crippen LogP contribution in [0, 0.1) is 0 Å². The van der Waals surface area contributed by atoms with Crippen molar-refractivity contribution in [2.24, 2.45) is 0 Å². The first-order valence-electron chi connectivity index (χ1n) is 6.28. The van der Waals surface area contributed by atoms with Crippen LogP contribution >= 0.6 is 0 Å². The quantitative estimate of drug-likeness (QED) is 0.207. The van der Waals surface area contributed by atoms with Crippen molar-refractivity contribution in [2.75, 3.05) is 13.2 Å². The molecule has 0 aliphatic rings. The zero-order valence-corrected chi connectivity index (χ0v) is 12.3. The monoisotopic (exact) mass is 312 g/mol. The lowest BCUT2D eigenvalue weighted by atomic mass is 10.3. The number of ether oxygens (including phenoxy) is 1. The van der Waals surface area contributed by atoms with Crippen LogP contribution in [0.5, 0.6) is 0 Å². The lowest BCUT2D eigenvalue weighted by Crippen LogP contribution is -2.34.